The van der Waals surface area contributed by atoms with E-state index in [2.05, 4.69) is 27.0 Å². The van der Waals surface area contributed by atoms with Crippen molar-refractivity contribution >= 4 is 11.6 Å². The summed E-state index contributed by atoms with van der Waals surface area (Å²) in [5.41, 5.74) is 5.10. The average molecular weight is 420 g/mol. The summed E-state index contributed by atoms with van der Waals surface area (Å²) in [5.74, 6) is 0.627. The van der Waals surface area contributed by atoms with Gasteiger partial charge in [0.2, 0.25) is 0 Å². The second kappa shape index (κ2) is 7.07. The molecule has 0 amide bonds. The Balaban J connectivity index is 1.66. The van der Waals surface area contributed by atoms with Crippen LogP contribution in [0.15, 0.2) is 55.1 Å². The van der Waals surface area contributed by atoms with Crippen molar-refractivity contribution in [2.24, 2.45) is 0 Å². The molecular formula is C23H22ClN5O. The Morgan fingerprint density at radius 2 is 1.83 bits per heavy atom. The third kappa shape index (κ3) is 3.13. The molecule has 1 aliphatic carbocycles. The molecule has 5 rings (SSSR count). The van der Waals surface area contributed by atoms with E-state index in [1.807, 2.05) is 48.3 Å². The highest BCUT2D eigenvalue weighted by atomic mass is 35.5. The van der Waals surface area contributed by atoms with Crippen LogP contribution in [-0.4, -0.2) is 35.4 Å². The lowest BCUT2D eigenvalue weighted by Crippen LogP contribution is -2.42. The van der Waals surface area contributed by atoms with Gasteiger partial charge in [-0.3, -0.25) is 4.68 Å². The number of aliphatic hydroxyl groups is 1. The average Bonchev–Trinajstić information content (AvgIpc) is 3.30. The summed E-state index contributed by atoms with van der Waals surface area (Å²) in [4.78, 5) is 12.4. The number of hydrogen-bond acceptors (Lipinski definition) is 4. The van der Waals surface area contributed by atoms with Gasteiger partial charge in [-0.25, -0.2) is 9.97 Å². The van der Waals surface area contributed by atoms with Crippen LogP contribution in [0.1, 0.15) is 31.5 Å². The maximum atomic E-state index is 10.1. The molecule has 0 atom stereocenters. The highest BCUT2D eigenvalue weighted by molar-refractivity contribution is 6.33. The summed E-state index contributed by atoms with van der Waals surface area (Å²) in [7, 11) is 0. The fourth-order valence-corrected chi connectivity index (χ4v) is 4.59. The van der Waals surface area contributed by atoms with Gasteiger partial charge in [0.05, 0.1) is 29.1 Å². The number of H-pyrrole nitrogens is 1. The van der Waals surface area contributed by atoms with Gasteiger partial charge in [0, 0.05) is 46.0 Å². The predicted octanol–water partition coefficient (Wildman–Crippen LogP) is 5.05. The maximum Gasteiger partial charge on any atom is 0.161 e. The number of benzene rings is 1. The monoisotopic (exact) mass is 419 g/mol. The van der Waals surface area contributed by atoms with E-state index in [-0.39, 0.29) is 6.04 Å². The van der Waals surface area contributed by atoms with Gasteiger partial charge in [-0.15, -0.1) is 0 Å². The van der Waals surface area contributed by atoms with E-state index >= 15 is 0 Å². The van der Waals surface area contributed by atoms with E-state index in [4.69, 9.17) is 11.6 Å². The van der Waals surface area contributed by atoms with Gasteiger partial charge in [0.1, 0.15) is 0 Å². The molecule has 30 heavy (non-hydrogen) atoms. The number of hydrogen-bond donors (Lipinski definition) is 2. The van der Waals surface area contributed by atoms with Gasteiger partial charge in [-0.2, -0.15) is 5.10 Å². The van der Waals surface area contributed by atoms with Crippen molar-refractivity contribution in [1.82, 2.24) is 24.7 Å². The highest BCUT2D eigenvalue weighted by Crippen LogP contribution is 2.44. The van der Waals surface area contributed by atoms with E-state index < -0.39 is 5.60 Å². The molecule has 0 unspecified atom stereocenters. The molecule has 0 bridgehead atoms. The van der Waals surface area contributed by atoms with Crippen LogP contribution in [0.4, 0.5) is 0 Å². The van der Waals surface area contributed by atoms with Crippen LogP contribution in [0, 0.1) is 6.92 Å². The molecule has 7 heteroatoms. The molecule has 0 radical (unpaired) electrons. The zero-order valence-electron chi connectivity index (χ0n) is 16.8. The van der Waals surface area contributed by atoms with E-state index in [9.17, 15) is 5.11 Å². The standard InChI is InChI=1S/C23H22ClN5O/c1-14-17(13-28-29(14)15-10-23(2,30)11-15)21-20(22-25-8-5-9-26-22)18(12-27-21)16-6-3-4-7-19(16)24/h3-9,12-13,15,27,30H,10-11H2,1-2H3. The third-order valence-corrected chi connectivity index (χ3v) is 6.17. The van der Waals surface area contributed by atoms with Crippen molar-refractivity contribution in [3.8, 4) is 33.8 Å². The maximum absolute atomic E-state index is 10.1. The minimum Gasteiger partial charge on any atom is -0.390 e. The van der Waals surface area contributed by atoms with E-state index in [0.29, 0.717) is 23.7 Å². The summed E-state index contributed by atoms with van der Waals surface area (Å²) in [5, 5.41) is 15.4. The lowest BCUT2D eigenvalue weighted by molar-refractivity contribution is -0.0548. The van der Waals surface area contributed by atoms with Gasteiger partial charge in [0.15, 0.2) is 5.82 Å². The van der Waals surface area contributed by atoms with Crippen LogP contribution in [0.3, 0.4) is 0 Å². The molecule has 1 fully saturated rings. The van der Waals surface area contributed by atoms with Crippen molar-refractivity contribution in [1.29, 1.82) is 0 Å². The SMILES string of the molecule is Cc1c(-c2[nH]cc(-c3ccccc3Cl)c2-c2ncccn2)cnn1C1CC(C)(O)C1. The molecule has 4 aromatic rings. The first-order chi connectivity index (χ1) is 14.4. The van der Waals surface area contributed by atoms with Crippen molar-refractivity contribution in [2.75, 3.05) is 0 Å². The minimum atomic E-state index is -0.601. The van der Waals surface area contributed by atoms with Crippen molar-refractivity contribution < 1.29 is 5.11 Å². The lowest BCUT2D eigenvalue weighted by atomic mass is 9.77. The molecule has 0 aliphatic heterocycles. The van der Waals surface area contributed by atoms with Crippen LogP contribution in [-0.2, 0) is 0 Å². The molecule has 6 nitrogen and oxygen atoms in total. The predicted molar refractivity (Wildman–Crippen MR) is 117 cm³/mol. The second-order valence-electron chi connectivity index (χ2n) is 8.15. The van der Waals surface area contributed by atoms with E-state index in [0.717, 1.165) is 33.6 Å². The number of halogens is 1. The van der Waals surface area contributed by atoms with Gasteiger partial charge >= 0.3 is 0 Å². The zero-order valence-corrected chi connectivity index (χ0v) is 17.6. The largest absolute Gasteiger partial charge is 0.390 e. The number of aromatic nitrogens is 5. The molecular weight excluding hydrogens is 398 g/mol. The van der Waals surface area contributed by atoms with Crippen LogP contribution in [0.5, 0.6) is 0 Å². The van der Waals surface area contributed by atoms with E-state index in [1.54, 1.807) is 18.5 Å². The van der Waals surface area contributed by atoms with Crippen molar-refractivity contribution in [3.63, 3.8) is 0 Å². The zero-order chi connectivity index (χ0) is 20.9. The summed E-state index contributed by atoms with van der Waals surface area (Å²) in [6.45, 7) is 3.93. The molecule has 0 saturated heterocycles. The molecule has 2 N–H and O–H groups in total. The molecule has 1 aromatic carbocycles. The summed E-state index contributed by atoms with van der Waals surface area (Å²) in [6.07, 6.45) is 8.72. The fourth-order valence-electron chi connectivity index (χ4n) is 4.35. The number of nitrogens with one attached hydrogen (secondary N) is 1. The quantitative estimate of drug-likeness (QED) is 0.485. The molecule has 1 aliphatic rings. The summed E-state index contributed by atoms with van der Waals surface area (Å²) < 4.78 is 2.01. The van der Waals surface area contributed by atoms with Gasteiger partial charge in [-0.1, -0.05) is 29.8 Å². The second-order valence-corrected chi connectivity index (χ2v) is 8.56. The lowest BCUT2D eigenvalue weighted by Gasteiger charge is -2.41. The molecule has 1 saturated carbocycles. The first-order valence-corrected chi connectivity index (χ1v) is 10.3. The van der Waals surface area contributed by atoms with Gasteiger partial charge in [0.25, 0.3) is 0 Å². The topological polar surface area (TPSA) is 79.6 Å². The molecule has 3 aromatic heterocycles. The van der Waals surface area contributed by atoms with E-state index in [1.165, 1.54) is 0 Å². The molecule has 0 spiro atoms. The minimum absolute atomic E-state index is 0.211. The first-order valence-electron chi connectivity index (χ1n) is 9.95. The molecule has 3 heterocycles. The van der Waals surface area contributed by atoms with Crippen LogP contribution >= 0.6 is 11.6 Å². The van der Waals surface area contributed by atoms with Gasteiger partial charge < -0.3 is 10.1 Å². The Morgan fingerprint density at radius 1 is 1.10 bits per heavy atom. The smallest absolute Gasteiger partial charge is 0.161 e. The Kier molecular flexibility index (Phi) is 4.49. The van der Waals surface area contributed by atoms with Crippen molar-refractivity contribution in [2.45, 2.75) is 38.3 Å². The number of nitrogens with zero attached hydrogens (tertiary/aromatic N) is 4. The Labute approximate surface area is 179 Å². The number of rotatable bonds is 4. The normalized spacial score (nSPS) is 20.9. The Morgan fingerprint density at radius 3 is 2.53 bits per heavy atom. The highest BCUT2D eigenvalue weighted by Gasteiger charge is 2.40. The first kappa shape index (κ1) is 19.0. The summed E-state index contributed by atoms with van der Waals surface area (Å²) in [6, 6.07) is 9.77. The Hall–Kier alpha value is -2.96. The number of aromatic amines is 1. The van der Waals surface area contributed by atoms with Crippen LogP contribution < -0.4 is 0 Å². The third-order valence-electron chi connectivity index (χ3n) is 5.84. The van der Waals surface area contributed by atoms with Crippen LogP contribution in [0.25, 0.3) is 33.8 Å². The van der Waals surface area contributed by atoms with Crippen molar-refractivity contribution in [3.05, 3.63) is 65.8 Å². The summed E-state index contributed by atoms with van der Waals surface area (Å²) >= 11 is 6.51. The molecule has 152 valence electrons. The fraction of sp³-hybridized carbons (Fsp3) is 0.261. The van der Waals surface area contributed by atoms with Crippen LogP contribution in [0.2, 0.25) is 5.02 Å². The van der Waals surface area contributed by atoms with Gasteiger partial charge in [-0.05, 0) is 38.8 Å². The Bertz CT molecular complexity index is 1200.